The van der Waals surface area contributed by atoms with E-state index in [2.05, 4.69) is 10.3 Å². The molecule has 1 aromatic carbocycles. The molecule has 25 heavy (non-hydrogen) atoms. The molecule has 1 saturated heterocycles. The lowest BCUT2D eigenvalue weighted by Gasteiger charge is -2.35. The number of rotatable bonds is 3. The van der Waals surface area contributed by atoms with Gasteiger partial charge in [-0.1, -0.05) is 26.0 Å². The summed E-state index contributed by atoms with van der Waals surface area (Å²) in [6.45, 7) is 6.68. The zero-order valence-electron chi connectivity index (χ0n) is 14.4. The molecule has 1 N–H and O–H groups in total. The van der Waals surface area contributed by atoms with Gasteiger partial charge in [0.1, 0.15) is 16.7 Å². The second-order valence-electron chi connectivity index (χ2n) is 6.37. The maximum atomic E-state index is 13.2. The summed E-state index contributed by atoms with van der Waals surface area (Å²) in [5, 5.41) is 3.68. The Labute approximate surface area is 149 Å². The van der Waals surface area contributed by atoms with Crippen molar-refractivity contribution in [2.75, 3.05) is 13.1 Å². The molecule has 1 aromatic heterocycles. The number of nitrogens with zero attached hydrogens (tertiary/aromatic N) is 2. The Morgan fingerprint density at radius 1 is 1.36 bits per heavy atom. The summed E-state index contributed by atoms with van der Waals surface area (Å²) in [4.78, 5) is 32.1. The molecule has 1 aliphatic heterocycles. The van der Waals surface area contributed by atoms with Gasteiger partial charge < -0.3 is 10.2 Å². The first kappa shape index (κ1) is 17.5. The van der Waals surface area contributed by atoms with E-state index < -0.39 is 6.04 Å². The Morgan fingerprint density at radius 2 is 2.04 bits per heavy atom. The molecule has 7 heteroatoms. The number of aryl methyl sites for hydroxylation is 1. The second-order valence-corrected chi connectivity index (χ2v) is 7.40. The summed E-state index contributed by atoms with van der Waals surface area (Å²) in [5.74, 6) is -0.593. The summed E-state index contributed by atoms with van der Waals surface area (Å²) < 4.78 is 13.2. The minimum absolute atomic E-state index is 0.203. The van der Waals surface area contributed by atoms with Crippen molar-refractivity contribution in [1.82, 2.24) is 15.2 Å². The van der Waals surface area contributed by atoms with Crippen LogP contribution in [0.4, 0.5) is 4.39 Å². The highest BCUT2D eigenvalue weighted by Crippen LogP contribution is 2.30. The van der Waals surface area contributed by atoms with Crippen LogP contribution in [0.2, 0.25) is 0 Å². The summed E-state index contributed by atoms with van der Waals surface area (Å²) in [6, 6.07) is 4.93. The average molecular weight is 361 g/mol. The van der Waals surface area contributed by atoms with Gasteiger partial charge in [-0.15, -0.1) is 11.3 Å². The molecule has 0 bridgehead atoms. The molecule has 1 fully saturated rings. The number of thiazole rings is 1. The fourth-order valence-electron chi connectivity index (χ4n) is 2.86. The number of carbonyl (C=O) groups is 2. The van der Waals surface area contributed by atoms with Crippen LogP contribution >= 0.6 is 11.3 Å². The van der Waals surface area contributed by atoms with Crippen LogP contribution < -0.4 is 5.32 Å². The molecule has 0 saturated carbocycles. The van der Waals surface area contributed by atoms with E-state index in [0.717, 1.165) is 5.01 Å². The first-order chi connectivity index (χ1) is 11.9. The topological polar surface area (TPSA) is 62.3 Å². The van der Waals surface area contributed by atoms with E-state index in [0.29, 0.717) is 29.2 Å². The lowest BCUT2D eigenvalue weighted by Crippen LogP contribution is -2.52. The van der Waals surface area contributed by atoms with Crippen molar-refractivity contribution in [1.29, 1.82) is 0 Å². The third-order valence-corrected chi connectivity index (χ3v) is 5.61. The summed E-state index contributed by atoms with van der Waals surface area (Å²) in [5.41, 5.74) is 1.28. The van der Waals surface area contributed by atoms with Crippen LogP contribution in [0.3, 0.4) is 0 Å². The highest BCUT2D eigenvalue weighted by atomic mass is 32.1. The van der Waals surface area contributed by atoms with E-state index in [1.165, 1.54) is 23.5 Å². The van der Waals surface area contributed by atoms with Gasteiger partial charge in [0.05, 0.1) is 10.7 Å². The Kier molecular flexibility index (Phi) is 4.85. The highest BCUT2D eigenvalue weighted by molar-refractivity contribution is 7.13. The van der Waals surface area contributed by atoms with Crippen LogP contribution in [0.5, 0.6) is 0 Å². The van der Waals surface area contributed by atoms with Crippen LogP contribution in [0.1, 0.15) is 51.7 Å². The number of hydrogen-bond acceptors (Lipinski definition) is 4. The quantitative estimate of drug-likeness (QED) is 0.914. The van der Waals surface area contributed by atoms with Crippen molar-refractivity contribution in [2.45, 2.75) is 32.7 Å². The van der Waals surface area contributed by atoms with Crippen LogP contribution in [0.15, 0.2) is 24.3 Å². The number of piperazine rings is 1. The van der Waals surface area contributed by atoms with Crippen molar-refractivity contribution >= 4 is 23.2 Å². The van der Waals surface area contributed by atoms with E-state index in [-0.39, 0.29) is 23.5 Å². The van der Waals surface area contributed by atoms with Gasteiger partial charge in [-0.05, 0) is 24.6 Å². The van der Waals surface area contributed by atoms with Gasteiger partial charge in [-0.3, -0.25) is 9.59 Å². The molecule has 0 spiro atoms. The number of hydrogen-bond donors (Lipinski definition) is 1. The average Bonchev–Trinajstić information content (AvgIpc) is 2.97. The predicted octanol–water partition coefficient (Wildman–Crippen LogP) is 3.03. The molecule has 2 aromatic rings. The Morgan fingerprint density at radius 3 is 2.64 bits per heavy atom. The number of halogens is 1. The number of aromatic nitrogens is 1. The third-order valence-electron chi connectivity index (χ3n) is 4.16. The molecule has 0 unspecified atom stereocenters. The SMILES string of the molecule is Cc1nc(C(C)C)sc1C(=O)N1CCNC(=O)[C@@H]1c1ccc(F)cc1. The molecule has 132 valence electrons. The molecule has 5 nitrogen and oxygen atoms in total. The lowest BCUT2D eigenvalue weighted by molar-refractivity contribution is -0.128. The third kappa shape index (κ3) is 3.42. The largest absolute Gasteiger partial charge is 0.352 e. The Balaban J connectivity index is 1.96. The smallest absolute Gasteiger partial charge is 0.266 e. The Bertz CT molecular complexity index is 801. The van der Waals surface area contributed by atoms with Gasteiger partial charge in [-0.25, -0.2) is 9.37 Å². The Hall–Kier alpha value is -2.28. The van der Waals surface area contributed by atoms with Gasteiger partial charge >= 0.3 is 0 Å². The van der Waals surface area contributed by atoms with Gasteiger partial charge in [0, 0.05) is 19.0 Å². The van der Waals surface area contributed by atoms with Crippen molar-refractivity contribution in [3.05, 3.63) is 51.2 Å². The van der Waals surface area contributed by atoms with E-state index in [9.17, 15) is 14.0 Å². The molecule has 2 heterocycles. The van der Waals surface area contributed by atoms with Crippen LogP contribution in [-0.4, -0.2) is 34.8 Å². The van der Waals surface area contributed by atoms with Crippen molar-refractivity contribution in [2.24, 2.45) is 0 Å². The standard InChI is InChI=1S/C18H20FN3O2S/c1-10(2)17-21-11(3)15(25-17)18(24)22-9-8-20-16(23)14(22)12-4-6-13(19)7-5-12/h4-7,10,14H,8-9H2,1-3H3,(H,20,23)/t14-/m0/s1. The van der Waals surface area contributed by atoms with Crippen LogP contribution in [0, 0.1) is 12.7 Å². The minimum Gasteiger partial charge on any atom is -0.352 e. The normalized spacial score (nSPS) is 17.7. The fraction of sp³-hybridized carbons (Fsp3) is 0.389. The first-order valence-corrected chi connectivity index (χ1v) is 9.01. The van der Waals surface area contributed by atoms with E-state index in [1.807, 2.05) is 20.8 Å². The maximum absolute atomic E-state index is 13.2. The van der Waals surface area contributed by atoms with Gasteiger partial charge in [0.25, 0.3) is 5.91 Å². The van der Waals surface area contributed by atoms with Crippen LogP contribution in [0.25, 0.3) is 0 Å². The van der Waals surface area contributed by atoms with Crippen molar-refractivity contribution in [3.8, 4) is 0 Å². The van der Waals surface area contributed by atoms with Crippen LogP contribution in [-0.2, 0) is 4.79 Å². The molecule has 1 atom stereocenters. The number of benzene rings is 1. The lowest BCUT2D eigenvalue weighted by atomic mass is 10.0. The molecule has 0 aliphatic carbocycles. The van der Waals surface area contributed by atoms with Gasteiger partial charge in [-0.2, -0.15) is 0 Å². The minimum atomic E-state index is -0.758. The molecule has 3 rings (SSSR count). The molecular weight excluding hydrogens is 341 g/mol. The van der Waals surface area contributed by atoms with Crippen molar-refractivity contribution in [3.63, 3.8) is 0 Å². The summed E-state index contributed by atoms with van der Waals surface area (Å²) in [7, 11) is 0. The number of nitrogens with one attached hydrogen (secondary N) is 1. The maximum Gasteiger partial charge on any atom is 0.266 e. The molecule has 2 amide bonds. The molecule has 0 radical (unpaired) electrons. The summed E-state index contributed by atoms with van der Waals surface area (Å²) >= 11 is 1.38. The predicted molar refractivity (Wildman–Crippen MR) is 94.1 cm³/mol. The molecular formula is C18H20FN3O2S. The zero-order valence-corrected chi connectivity index (χ0v) is 15.2. The highest BCUT2D eigenvalue weighted by Gasteiger charge is 2.36. The second kappa shape index (κ2) is 6.92. The summed E-state index contributed by atoms with van der Waals surface area (Å²) in [6.07, 6.45) is 0. The van der Waals surface area contributed by atoms with Gasteiger partial charge in [0.2, 0.25) is 5.91 Å². The molecule has 1 aliphatic rings. The first-order valence-electron chi connectivity index (χ1n) is 8.20. The van der Waals surface area contributed by atoms with E-state index >= 15 is 0 Å². The van der Waals surface area contributed by atoms with Crippen molar-refractivity contribution < 1.29 is 14.0 Å². The monoisotopic (exact) mass is 361 g/mol. The number of amides is 2. The fourth-order valence-corrected chi connectivity index (χ4v) is 3.88. The van der Waals surface area contributed by atoms with E-state index in [1.54, 1.807) is 17.0 Å². The number of carbonyl (C=O) groups excluding carboxylic acids is 2. The van der Waals surface area contributed by atoms with Gasteiger partial charge in [0.15, 0.2) is 0 Å². The zero-order chi connectivity index (χ0) is 18.1. The van der Waals surface area contributed by atoms with E-state index in [4.69, 9.17) is 0 Å².